The van der Waals surface area contributed by atoms with Crippen LogP contribution in [0.5, 0.6) is 0 Å². The van der Waals surface area contributed by atoms with Gasteiger partial charge in [-0.2, -0.15) is 0 Å². The third-order valence-corrected chi connectivity index (χ3v) is 2.39. The lowest BCUT2D eigenvalue weighted by Crippen LogP contribution is -2.27. The highest BCUT2D eigenvalue weighted by Crippen LogP contribution is 2.00. The first-order valence-corrected chi connectivity index (χ1v) is 6.32. The van der Waals surface area contributed by atoms with E-state index in [0.717, 1.165) is 12.8 Å². The van der Waals surface area contributed by atoms with Gasteiger partial charge in [-0.1, -0.05) is 26.6 Å². The van der Waals surface area contributed by atoms with Gasteiger partial charge in [0.1, 0.15) is 0 Å². The van der Waals surface area contributed by atoms with Crippen molar-refractivity contribution < 1.29 is 22.5 Å². The molecule has 6 nitrogen and oxygen atoms in total. The van der Waals surface area contributed by atoms with Crippen LogP contribution in [0.15, 0.2) is 0 Å². The molecule has 2 unspecified atom stereocenters. The van der Waals surface area contributed by atoms with Crippen molar-refractivity contribution in [2.24, 2.45) is 5.73 Å². The van der Waals surface area contributed by atoms with Crippen molar-refractivity contribution in [3.05, 3.63) is 0 Å². The van der Waals surface area contributed by atoms with Gasteiger partial charge in [0.05, 0.1) is 12.8 Å². The highest BCUT2D eigenvalue weighted by atomic mass is 16.4. The van der Waals surface area contributed by atoms with Gasteiger partial charge in [0.25, 0.3) is 0 Å². The van der Waals surface area contributed by atoms with Crippen molar-refractivity contribution in [1.29, 1.82) is 0 Å². The SMILES string of the molecule is [3H]CCCC(CC(=O)O)NC.[3H]CCCC(N)CC(=O)O. The number of rotatable bonds is 9. The number of hydrogen-bond acceptors (Lipinski definition) is 4. The van der Waals surface area contributed by atoms with Gasteiger partial charge in [-0.25, -0.2) is 0 Å². The molecule has 0 aromatic rings. The second kappa shape index (κ2) is 13.3. The Balaban J connectivity index is 0. The summed E-state index contributed by atoms with van der Waals surface area (Å²) in [6, 6.07) is -0.249. The van der Waals surface area contributed by atoms with E-state index in [-0.39, 0.29) is 24.9 Å². The van der Waals surface area contributed by atoms with E-state index >= 15 is 0 Å². The summed E-state index contributed by atoms with van der Waals surface area (Å²) < 4.78 is 13.7. The number of aliphatic carboxylic acids is 2. The molecule has 0 heterocycles. The molecule has 114 valence electrons. The van der Waals surface area contributed by atoms with Gasteiger partial charge in [0.2, 0.25) is 0 Å². The van der Waals surface area contributed by atoms with Crippen LogP contribution in [0.3, 0.4) is 0 Å². The summed E-state index contributed by atoms with van der Waals surface area (Å²) in [7, 11) is 1.75. The van der Waals surface area contributed by atoms with Crippen molar-refractivity contribution in [3.63, 3.8) is 0 Å². The fourth-order valence-corrected chi connectivity index (χ4v) is 1.39. The van der Waals surface area contributed by atoms with Gasteiger partial charge < -0.3 is 21.3 Å². The minimum absolute atomic E-state index is 0.0139. The third-order valence-electron chi connectivity index (χ3n) is 2.39. The third kappa shape index (κ3) is 16.9. The van der Waals surface area contributed by atoms with Crippen LogP contribution in [0.1, 0.15) is 55.1 Å². The van der Waals surface area contributed by atoms with Crippen molar-refractivity contribution in [2.45, 2.75) is 64.4 Å². The molecular weight excluding hydrogens is 248 g/mol. The summed E-state index contributed by atoms with van der Waals surface area (Å²) in [4.78, 5) is 20.3. The predicted molar refractivity (Wildman–Crippen MR) is 75.1 cm³/mol. The Morgan fingerprint density at radius 2 is 1.68 bits per heavy atom. The van der Waals surface area contributed by atoms with Crippen LogP contribution in [0, 0.1) is 0 Å². The van der Waals surface area contributed by atoms with Crippen LogP contribution in [-0.2, 0) is 9.59 Å². The molecule has 0 aliphatic rings. The number of hydrogen-bond donors (Lipinski definition) is 4. The maximum atomic E-state index is 10.2. The number of nitrogens with two attached hydrogens (primary N) is 1. The Labute approximate surface area is 118 Å². The molecule has 0 aromatic carbocycles. The van der Waals surface area contributed by atoms with Crippen LogP contribution < -0.4 is 11.1 Å². The largest absolute Gasteiger partial charge is 0.481 e. The molecule has 0 aliphatic heterocycles. The molecule has 5 N–H and O–H groups in total. The lowest BCUT2D eigenvalue weighted by atomic mass is 10.1. The van der Waals surface area contributed by atoms with Gasteiger partial charge >= 0.3 is 11.9 Å². The zero-order valence-corrected chi connectivity index (χ0v) is 11.6. The van der Waals surface area contributed by atoms with Crippen LogP contribution in [0.2, 0.25) is 0 Å². The monoisotopic (exact) mass is 280 g/mol. The molecular formula is C13H28N2O4. The Kier molecular flexibility index (Phi) is 11.1. The standard InChI is InChI=1S/C7H15NO2.C6H13NO2/c1-3-4-6(8-2)5-7(9)10;1-2-3-5(7)4-6(8)9/h6,8H,3-5H2,1-2H3,(H,9,10);5H,2-4,7H2,1H3,(H,8,9)/i2*1T. The maximum absolute atomic E-state index is 10.2. The normalized spacial score (nSPS) is 14.4. The molecule has 0 amide bonds. The number of carbonyl (C=O) groups is 2. The molecule has 19 heavy (non-hydrogen) atoms. The second-order valence-corrected chi connectivity index (χ2v) is 4.23. The zero-order valence-electron chi connectivity index (χ0n) is 13.6. The summed E-state index contributed by atoms with van der Waals surface area (Å²) in [5.41, 5.74) is 5.40. The first kappa shape index (κ1) is 15.9. The molecule has 0 fully saturated rings. The lowest BCUT2D eigenvalue weighted by Gasteiger charge is -2.11. The van der Waals surface area contributed by atoms with Crippen molar-refractivity contribution in [3.8, 4) is 0 Å². The molecule has 0 saturated heterocycles. The summed E-state index contributed by atoms with van der Waals surface area (Å²) >= 11 is 0. The summed E-state index contributed by atoms with van der Waals surface area (Å²) in [5.74, 6) is -1.65. The topological polar surface area (TPSA) is 113 Å². The summed E-state index contributed by atoms with van der Waals surface area (Å²) in [5, 5.41) is 19.6. The molecule has 0 aliphatic carbocycles. The molecule has 0 radical (unpaired) electrons. The van der Waals surface area contributed by atoms with Crippen LogP contribution >= 0.6 is 0 Å². The van der Waals surface area contributed by atoms with E-state index in [1.807, 2.05) is 0 Å². The first-order chi connectivity index (χ1) is 9.87. The zero-order chi connectivity index (χ0) is 16.7. The number of carboxylic acids is 2. The van der Waals surface area contributed by atoms with Gasteiger partial charge in [-0.15, -0.1) is 0 Å². The Bertz CT molecular complexity index is 281. The molecule has 0 aromatic heterocycles. The summed E-state index contributed by atoms with van der Waals surface area (Å²) in [6.45, 7) is 0.700. The van der Waals surface area contributed by atoms with Gasteiger partial charge in [-0.3, -0.25) is 9.59 Å². The van der Waals surface area contributed by atoms with Crippen LogP contribution in [0.25, 0.3) is 0 Å². The van der Waals surface area contributed by atoms with Gasteiger partial charge in [0, 0.05) is 14.8 Å². The highest BCUT2D eigenvalue weighted by Gasteiger charge is 2.08. The fourth-order valence-electron chi connectivity index (χ4n) is 1.39. The molecule has 0 rings (SSSR count). The fraction of sp³-hybridized carbons (Fsp3) is 0.846. The minimum Gasteiger partial charge on any atom is -0.481 e. The van der Waals surface area contributed by atoms with Gasteiger partial charge in [0.15, 0.2) is 0 Å². The van der Waals surface area contributed by atoms with Gasteiger partial charge in [-0.05, 0) is 19.9 Å². The molecule has 0 bridgehead atoms. The summed E-state index contributed by atoms with van der Waals surface area (Å²) in [6.07, 6.45) is 3.02. The predicted octanol–water partition coefficient (Wildman–Crippen LogP) is 1.44. The second-order valence-electron chi connectivity index (χ2n) is 4.23. The molecule has 2 atom stereocenters. The Morgan fingerprint density at radius 3 is 2.11 bits per heavy atom. The first-order valence-electron chi connectivity index (χ1n) is 7.73. The average molecular weight is 280 g/mol. The average Bonchev–Trinajstić information content (AvgIpc) is 2.40. The van der Waals surface area contributed by atoms with E-state index in [1.54, 1.807) is 7.05 Å². The van der Waals surface area contributed by atoms with Crippen molar-refractivity contribution in [2.75, 3.05) is 7.05 Å². The van der Waals surface area contributed by atoms with Crippen LogP contribution in [-0.4, -0.2) is 41.3 Å². The lowest BCUT2D eigenvalue weighted by molar-refractivity contribution is -0.138. The Morgan fingerprint density at radius 1 is 1.16 bits per heavy atom. The van der Waals surface area contributed by atoms with Crippen molar-refractivity contribution in [1.82, 2.24) is 5.32 Å². The highest BCUT2D eigenvalue weighted by molar-refractivity contribution is 5.67. The van der Waals surface area contributed by atoms with Crippen LogP contribution in [0.4, 0.5) is 0 Å². The number of carboxylic acid groups (broad SMARTS) is 2. The Hall–Kier alpha value is -1.14. The van der Waals surface area contributed by atoms with E-state index in [4.69, 9.17) is 18.7 Å². The molecule has 0 saturated carbocycles. The van der Waals surface area contributed by atoms with E-state index in [1.165, 1.54) is 0 Å². The van der Waals surface area contributed by atoms with E-state index in [0.29, 0.717) is 26.6 Å². The van der Waals surface area contributed by atoms with E-state index in [2.05, 4.69) is 5.32 Å². The molecule has 0 spiro atoms. The molecule has 6 heteroatoms. The van der Waals surface area contributed by atoms with Crippen molar-refractivity contribution >= 4 is 11.9 Å². The minimum atomic E-state index is -0.863. The van der Waals surface area contributed by atoms with E-state index < -0.39 is 11.9 Å². The smallest absolute Gasteiger partial charge is 0.304 e. The number of nitrogens with one attached hydrogen (secondary N) is 1. The quantitative estimate of drug-likeness (QED) is 0.508. The van der Waals surface area contributed by atoms with E-state index in [9.17, 15) is 9.59 Å². The maximum Gasteiger partial charge on any atom is 0.304 e.